The van der Waals surface area contributed by atoms with Crippen molar-refractivity contribution in [3.63, 3.8) is 0 Å². The van der Waals surface area contributed by atoms with E-state index in [-0.39, 0.29) is 31.1 Å². The lowest BCUT2D eigenvalue weighted by Gasteiger charge is -2.18. The van der Waals surface area contributed by atoms with Crippen LogP contribution in [0.2, 0.25) is 0 Å². The van der Waals surface area contributed by atoms with E-state index < -0.39 is 6.10 Å². The molecule has 1 atom stereocenters. The number of unbranched alkanes of at least 4 members (excludes halogenated alkanes) is 21. The van der Waals surface area contributed by atoms with E-state index in [4.69, 9.17) is 14.2 Å². The van der Waals surface area contributed by atoms with E-state index in [0.29, 0.717) is 19.3 Å². The molecular weight excluding hydrogens is 721 g/mol. The lowest BCUT2D eigenvalue weighted by atomic mass is 10.1. The summed E-state index contributed by atoms with van der Waals surface area (Å²) in [5, 5.41) is 0. The molecule has 0 aliphatic rings. The largest absolute Gasteiger partial charge is 0.462 e. The van der Waals surface area contributed by atoms with Crippen LogP contribution in [0.3, 0.4) is 0 Å². The first-order chi connectivity index (χ1) is 28.5. The Hall–Kier alpha value is -3.15. The van der Waals surface area contributed by atoms with Crippen molar-refractivity contribution in [3.05, 3.63) is 72.9 Å². The van der Waals surface area contributed by atoms with Crippen LogP contribution >= 0.6 is 0 Å². The monoisotopic (exact) mass is 809 g/mol. The molecule has 0 aliphatic heterocycles. The molecule has 0 bridgehead atoms. The summed E-state index contributed by atoms with van der Waals surface area (Å²) in [6.07, 6.45) is 57.5. The second-order valence-corrected chi connectivity index (χ2v) is 15.7. The van der Waals surface area contributed by atoms with Crippen molar-refractivity contribution >= 4 is 17.9 Å². The van der Waals surface area contributed by atoms with Crippen molar-refractivity contribution in [1.29, 1.82) is 0 Å². The second-order valence-electron chi connectivity index (χ2n) is 15.7. The number of carbonyl (C=O) groups excluding carboxylic acids is 3. The summed E-state index contributed by atoms with van der Waals surface area (Å²) in [5.74, 6) is -0.957. The SMILES string of the molecule is CC\C=C/C=C\C=C/CCCCCCCCCC(=O)OC(COC(=O)CCCC/C=C\C/C=C\CC)COC(=O)CCCCCCC/C=C\CCCCCCCCC. The molecule has 0 aromatic heterocycles. The third-order valence-electron chi connectivity index (χ3n) is 9.99. The molecule has 0 saturated heterocycles. The summed E-state index contributed by atoms with van der Waals surface area (Å²) in [5.41, 5.74) is 0. The fraction of sp³-hybridized carbons (Fsp3) is 0.712. The van der Waals surface area contributed by atoms with Gasteiger partial charge in [-0.05, 0) is 89.9 Å². The van der Waals surface area contributed by atoms with Gasteiger partial charge in [0.1, 0.15) is 13.2 Å². The molecule has 0 heterocycles. The zero-order valence-electron chi connectivity index (χ0n) is 37.8. The van der Waals surface area contributed by atoms with Crippen LogP contribution in [0, 0.1) is 0 Å². The van der Waals surface area contributed by atoms with Gasteiger partial charge in [-0.1, -0.05) is 184 Å². The number of rotatable bonds is 42. The van der Waals surface area contributed by atoms with E-state index >= 15 is 0 Å². The van der Waals surface area contributed by atoms with Crippen LogP contribution in [0.5, 0.6) is 0 Å². The Morgan fingerprint density at radius 3 is 1.28 bits per heavy atom. The highest BCUT2D eigenvalue weighted by atomic mass is 16.6. The molecule has 6 nitrogen and oxygen atoms in total. The molecule has 0 rings (SSSR count). The summed E-state index contributed by atoms with van der Waals surface area (Å²) in [4.78, 5) is 37.8. The van der Waals surface area contributed by atoms with E-state index in [1.165, 1.54) is 89.9 Å². The Morgan fingerprint density at radius 1 is 0.379 bits per heavy atom. The first-order valence-electron chi connectivity index (χ1n) is 24.0. The minimum atomic E-state index is -0.796. The van der Waals surface area contributed by atoms with Gasteiger partial charge in [-0.15, -0.1) is 0 Å². The molecule has 0 aliphatic carbocycles. The highest BCUT2D eigenvalue weighted by molar-refractivity contribution is 5.71. The molecule has 0 radical (unpaired) electrons. The molecule has 0 aromatic rings. The lowest BCUT2D eigenvalue weighted by molar-refractivity contribution is -0.167. The minimum Gasteiger partial charge on any atom is -0.462 e. The Kier molecular flexibility index (Phi) is 44.0. The fourth-order valence-electron chi connectivity index (χ4n) is 6.41. The average molecular weight is 809 g/mol. The number of carbonyl (C=O) groups is 3. The number of hydrogen-bond acceptors (Lipinski definition) is 6. The Morgan fingerprint density at radius 2 is 0.759 bits per heavy atom. The Bertz CT molecular complexity index is 1110. The number of allylic oxidation sites excluding steroid dienone is 12. The predicted octanol–water partition coefficient (Wildman–Crippen LogP) is 15.5. The van der Waals surface area contributed by atoms with E-state index in [2.05, 4.69) is 93.7 Å². The third-order valence-corrected chi connectivity index (χ3v) is 9.99. The van der Waals surface area contributed by atoms with Gasteiger partial charge >= 0.3 is 17.9 Å². The number of esters is 3. The summed E-state index contributed by atoms with van der Waals surface area (Å²) in [6, 6.07) is 0. The standard InChI is InChI=1S/C52H88O6/c1-4-7-10-13-16-19-21-23-25-27-28-30-33-36-39-42-45-51(54)57-48-49(47-56-50(53)44-41-38-35-32-18-15-12-9-6-3)58-52(55)46-43-40-37-34-31-29-26-24-22-20-17-14-11-8-5-2/h8-9,11-12,14,17-18,20,22,25,27,32,49H,4-7,10,13,15-16,19,21,23-24,26,28-31,33-48H2,1-3H3/b11-8-,12-9-,17-14-,22-20-,27-25-,32-18-. The highest BCUT2D eigenvalue weighted by Gasteiger charge is 2.19. The van der Waals surface area contributed by atoms with Crippen molar-refractivity contribution in [2.45, 2.75) is 226 Å². The minimum absolute atomic E-state index is 0.0955. The Labute approximate surface area is 357 Å². The zero-order chi connectivity index (χ0) is 42.3. The quantitative estimate of drug-likeness (QED) is 0.0201. The lowest BCUT2D eigenvalue weighted by Crippen LogP contribution is -2.30. The third kappa shape index (κ3) is 44.0. The van der Waals surface area contributed by atoms with E-state index in [1.54, 1.807) is 0 Å². The van der Waals surface area contributed by atoms with Crippen molar-refractivity contribution in [2.24, 2.45) is 0 Å². The number of ether oxygens (including phenoxy) is 3. The molecule has 0 fully saturated rings. The second kappa shape index (κ2) is 46.5. The summed E-state index contributed by atoms with van der Waals surface area (Å²) >= 11 is 0. The molecule has 1 unspecified atom stereocenters. The molecular formula is C52H88O6. The maximum atomic E-state index is 12.7. The smallest absolute Gasteiger partial charge is 0.306 e. The topological polar surface area (TPSA) is 78.9 Å². The fourth-order valence-corrected chi connectivity index (χ4v) is 6.41. The van der Waals surface area contributed by atoms with Gasteiger partial charge in [-0.25, -0.2) is 0 Å². The summed E-state index contributed by atoms with van der Waals surface area (Å²) in [6.45, 7) is 6.32. The number of hydrogen-bond donors (Lipinski definition) is 0. The normalized spacial score (nSPS) is 12.7. The molecule has 0 saturated carbocycles. The van der Waals surface area contributed by atoms with Gasteiger partial charge in [-0.3, -0.25) is 14.4 Å². The zero-order valence-corrected chi connectivity index (χ0v) is 37.8. The summed E-state index contributed by atoms with van der Waals surface area (Å²) in [7, 11) is 0. The van der Waals surface area contributed by atoms with Crippen molar-refractivity contribution in [3.8, 4) is 0 Å². The van der Waals surface area contributed by atoms with Crippen LogP contribution in [0.1, 0.15) is 220 Å². The van der Waals surface area contributed by atoms with Crippen LogP contribution in [-0.2, 0) is 28.6 Å². The van der Waals surface area contributed by atoms with E-state index in [1.807, 2.05) is 0 Å². The van der Waals surface area contributed by atoms with Gasteiger partial charge in [0.05, 0.1) is 0 Å². The van der Waals surface area contributed by atoms with Crippen molar-refractivity contribution in [1.82, 2.24) is 0 Å². The average Bonchev–Trinajstić information content (AvgIpc) is 3.22. The molecule has 0 spiro atoms. The Balaban J connectivity index is 4.39. The van der Waals surface area contributed by atoms with Gasteiger partial charge in [-0.2, -0.15) is 0 Å². The maximum absolute atomic E-state index is 12.7. The van der Waals surface area contributed by atoms with Crippen LogP contribution in [0.25, 0.3) is 0 Å². The molecule has 6 heteroatoms. The van der Waals surface area contributed by atoms with Crippen LogP contribution in [-0.4, -0.2) is 37.2 Å². The van der Waals surface area contributed by atoms with E-state index in [9.17, 15) is 14.4 Å². The predicted molar refractivity (Wildman–Crippen MR) is 247 cm³/mol. The maximum Gasteiger partial charge on any atom is 0.306 e. The molecule has 58 heavy (non-hydrogen) atoms. The van der Waals surface area contributed by atoms with Crippen molar-refractivity contribution in [2.75, 3.05) is 13.2 Å². The van der Waals surface area contributed by atoms with Crippen LogP contribution < -0.4 is 0 Å². The van der Waals surface area contributed by atoms with Gasteiger partial charge in [0.15, 0.2) is 6.10 Å². The highest BCUT2D eigenvalue weighted by Crippen LogP contribution is 2.14. The molecule has 0 aromatic carbocycles. The first kappa shape index (κ1) is 54.9. The van der Waals surface area contributed by atoms with Gasteiger partial charge in [0.25, 0.3) is 0 Å². The summed E-state index contributed by atoms with van der Waals surface area (Å²) < 4.78 is 16.7. The molecule has 0 amide bonds. The van der Waals surface area contributed by atoms with Gasteiger partial charge in [0, 0.05) is 19.3 Å². The molecule has 0 N–H and O–H groups in total. The van der Waals surface area contributed by atoms with Gasteiger partial charge in [0.2, 0.25) is 0 Å². The first-order valence-corrected chi connectivity index (χ1v) is 24.0. The van der Waals surface area contributed by atoms with Crippen molar-refractivity contribution < 1.29 is 28.6 Å². The van der Waals surface area contributed by atoms with Crippen LogP contribution in [0.15, 0.2) is 72.9 Å². The van der Waals surface area contributed by atoms with Gasteiger partial charge < -0.3 is 14.2 Å². The van der Waals surface area contributed by atoms with E-state index in [0.717, 1.165) is 89.9 Å². The molecule has 332 valence electrons. The van der Waals surface area contributed by atoms with Crippen LogP contribution in [0.4, 0.5) is 0 Å².